The van der Waals surface area contributed by atoms with Crippen LogP contribution >= 0.6 is 0 Å². The van der Waals surface area contributed by atoms with Crippen molar-refractivity contribution in [2.75, 3.05) is 25.0 Å². The van der Waals surface area contributed by atoms with Crippen molar-refractivity contribution in [1.29, 1.82) is 0 Å². The summed E-state index contributed by atoms with van der Waals surface area (Å²) >= 11 is 0. The van der Waals surface area contributed by atoms with E-state index in [2.05, 4.69) is 49.9 Å². The van der Waals surface area contributed by atoms with Gasteiger partial charge in [-0.25, -0.2) is 14.6 Å². The van der Waals surface area contributed by atoms with E-state index in [0.29, 0.717) is 12.6 Å². The molecule has 0 saturated carbocycles. The predicted octanol–water partition coefficient (Wildman–Crippen LogP) is 2.29. The quantitative estimate of drug-likeness (QED) is 0.658. The molecule has 0 radical (unpaired) electrons. The molecule has 31 heavy (non-hydrogen) atoms. The van der Waals surface area contributed by atoms with Gasteiger partial charge in [-0.3, -0.25) is 9.69 Å². The number of rotatable bonds is 6. The summed E-state index contributed by atoms with van der Waals surface area (Å²) < 4.78 is 3.81. The lowest BCUT2D eigenvalue weighted by atomic mass is 10.0. The van der Waals surface area contributed by atoms with E-state index < -0.39 is 0 Å². The van der Waals surface area contributed by atoms with E-state index in [4.69, 9.17) is 0 Å². The Labute approximate surface area is 182 Å². The molecule has 8 nitrogen and oxygen atoms in total. The first-order valence-corrected chi connectivity index (χ1v) is 11.4. The number of aryl methyl sites for hydroxylation is 4. The fourth-order valence-corrected chi connectivity index (χ4v) is 5.05. The molecule has 5 rings (SSSR count). The molecular weight excluding hydrogens is 390 g/mol. The lowest BCUT2D eigenvalue weighted by Crippen LogP contribution is -2.45. The summed E-state index contributed by atoms with van der Waals surface area (Å²) in [7, 11) is 2.06. The number of nitrogens with one attached hydrogen (secondary N) is 1. The van der Waals surface area contributed by atoms with Crippen LogP contribution in [0.3, 0.4) is 0 Å². The van der Waals surface area contributed by atoms with Gasteiger partial charge in [-0.1, -0.05) is 6.42 Å². The zero-order valence-corrected chi connectivity index (χ0v) is 18.5. The van der Waals surface area contributed by atoms with Crippen molar-refractivity contribution >= 4 is 16.9 Å². The highest BCUT2D eigenvalue weighted by molar-refractivity contribution is 5.87. The van der Waals surface area contributed by atoms with E-state index in [0.717, 1.165) is 73.4 Å². The molecule has 8 heteroatoms. The second-order valence-electron chi connectivity index (χ2n) is 8.90. The van der Waals surface area contributed by atoms with Crippen LogP contribution in [-0.4, -0.2) is 54.9 Å². The summed E-state index contributed by atoms with van der Waals surface area (Å²) in [6.45, 7) is 5.48. The molecule has 1 fully saturated rings. The summed E-state index contributed by atoms with van der Waals surface area (Å²) in [6, 6.07) is 4.31. The summed E-state index contributed by atoms with van der Waals surface area (Å²) in [6.07, 6.45) is 8.34. The topological polar surface area (TPSA) is 80.9 Å². The highest BCUT2D eigenvalue weighted by atomic mass is 16.1. The Hall–Kier alpha value is -2.74. The maximum atomic E-state index is 12.5. The average Bonchev–Trinajstić information content (AvgIpc) is 3.34. The van der Waals surface area contributed by atoms with E-state index in [-0.39, 0.29) is 5.56 Å². The molecule has 1 aliphatic carbocycles. The molecule has 0 amide bonds. The predicted molar refractivity (Wildman–Crippen MR) is 121 cm³/mol. The van der Waals surface area contributed by atoms with Crippen molar-refractivity contribution in [1.82, 2.24) is 29.2 Å². The molecule has 3 aromatic heterocycles. The number of nitrogens with zero attached hydrogens (tertiary/aromatic N) is 6. The molecule has 164 valence electrons. The highest BCUT2D eigenvalue weighted by Gasteiger charge is 2.23. The molecule has 0 bridgehead atoms. The standard InChI is InChI=1S/C23H31N7O/c1-16-12-20-22(28(16)2)23(26-15-25-20)24-14-18-7-3-4-9-29(18)10-11-30-21(31)13-17-6-5-8-19(17)27-30/h12-13,15,18H,3-11,14H2,1-2H3,(H,24,25,26). The zero-order valence-electron chi connectivity index (χ0n) is 18.5. The third-order valence-electron chi connectivity index (χ3n) is 6.94. The summed E-state index contributed by atoms with van der Waals surface area (Å²) in [5.41, 5.74) is 5.49. The van der Waals surface area contributed by atoms with Crippen molar-refractivity contribution < 1.29 is 0 Å². The fourth-order valence-electron chi connectivity index (χ4n) is 5.05. The summed E-state index contributed by atoms with van der Waals surface area (Å²) in [5.74, 6) is 0.891. The van der Waals surface area contributed by atoms with Crippen LogP contribution in [0.5, 0.6) is 0 Å². The Morgan fingerprint density at radius 2 is 2.03 bits per heavy atom. The Kier molecular flexibility index (Phi) is 5.48. The van der Waals surface area contributed by atoms with E-state index in [1.165, 1.54) is 18.5 Å². The lowest BCUT2D eigenvalue weighted by molar-refractivity contribution is 0.148. The van der Waals surface area contributed by atoms with Crippen molar-refractivity contribution in [2.45, 2.75) is 58.0 Å². The Morgan fingerprint density at radius 3 is 2.94 bits per heavy atom. The lowest BCUT2D eigenvalue weighted by Gasteiger charge is -2.36. The van der Waals surface area contributed by atoms with Gasteiger partial charge in [0, 0.05) is 37.9 Å². The minimum atomic E-state index is 0.0368. The molecule has 3 aromatic rings. The molecule has 0 aromatic carbocycles. The van der Waals surface area contributed by atoms with E-state index in [1.54, 1.807) is 17.1 Å². The molecule has 4 heterocycles. The minimum Gasteiger partial charge on any atom is -0.367 e. The van der Waals surface area contributed by atoms with E-state index in [9.17, 15) is 4.79 Å². The largest absolute Gasteiger partial charge is 0.367 e. The molecule has 1 aliphatic heterocycles. The van der Waals surface area contributed by atoms with Crippen LogP contribution in [0.4, 0.5) is 5.82 Å². The van der Waals surface area contributed by atoms with Gasteiger partial charge < -0.3 is 9.88 Å². The molecule has 1 saturated heterocycles. The van der Waals surface area contributed by atoms with Gasteiger partial charge in [0.1, 0.15) is 11.8 Å². The van der Waals surface area contributed by atoms with Crippen LogP contribution in [-0.2, 0) is 26.4 Å². The monoisotopic (exact) mass is 421 g/mol. The van der Waals surface area contributed by atoms with Gasteiger partial charge in [-0.05, 0) is 57.2 Å². The minimum absolute atomic E-state index is 0.0368. The number of likely N-dealkylation sites (tertiary alicyclic amines) is 1. The smallest absolute Gasteiger partial charge is 0.267 e. The summed E-state index contributed by atoms with van der Waals surface area (Å²) in [5, 5.41) is 8.23. The second kappa shape index (κ2) is 8.42. The van der Waals surface area contributed by atoms with Gasteiger partial charge in [0.15, 0.2) is 5.82 Å². The Balaban J connectivity index is 1.27. The number of hydrogen-bond acceptors (Lipinski definition) is 6. The number of hydrogen-bond donors (Lipinski definition) is 1. The molecule has 1 N–H and O–H groups in total. The van der Waals surface area contributed by atoms with Crippen LogP contribution in [0, 0.1) is 6.92 Å². The molecule has 0 spiro atoms. The average molecular weight is 422 g/mol. The SMILES string of the molecule is Cc1cc2ncnc(NCC3CCCCN3CCn3nc4c(cc3=O)CCC4)c2n1C. The van der Waals surface area contributed by atoms with Gasteiger partial charge in [0.2, 0.25) is 0 Å². The van der Waals surface area contributed by atoms with Gasteiger partial charge in [0.25, 0.3) is 5.56 Å². The van der Waals surface area contributed by atoms with Crippen molar-refractivity contribution in [2.24, 2.45) is 7.05 Å². The van der Waals surface area contributed by atoms with Gasteiger partial charge in [0.05, 0.1) is 17.8 Å². The first-order valence-electron chi connectivity index (χ1n) is 11.4. The van der Waals surface area contributed by atoms with Crippen LogP contribution in [0.2, 0.25) is 0 Å². The first-order chi connectivity index (χ1) is 15.1. The number of piperidine rings is 1. The van der Waals surface area contributed by atoms with Crippen molar-refractivity contribution in [3.8, 4) is 0 Å². The highest BCUT2D eigenvalue weighted by Crippen LogP contribution is 2.24. The fraction of sp³-hybridized carbons (Fsp3) is 0.565. The normalized spacial score (nSPS) is 19.1. The molecule has 2 aliphatic rings. The molecule has 1 atom stereocenters. The number of anilines is 1. The van der Waals surface area contributed by atoms with Crippen LogP contribution in [0.25, 0.3) is 11.0 Å². The van der Waals surface area contributed by atoms with Crippen LogP contribution in [0.15, 0.2) is 23.3 Å². The van der Waals surface area contributed by atoms with Crippen LogP contribution < -0.4 is 10.9 Å². The molecule has 1 unspecified atom stereocenters. The maximum Gasteiger partial charge on any atom is 0.267 e. The van der Waals surface area contributed by atoms with E-state index >= 15 is 0 Å². The zero-order chi connectivity index (χ0) is 21.4. The Bertz CT molecular complexity index is 1150. The Morgan fingerprint density at radius 1 is 1.13 bits per heavy atom. The third kappa shape index (κ3) is 3.96. The first kappa shape index (κ1) is 20.2. The van der Waals surface area contributed by atoms with Crippen LogP contribution in [0.1, 0.15) is 42.6 Å². The number of aromatic nitrogens is 5. The van der Waals surface area contributed by atoms with Crippen molar-refractivity contribution in [3.05, 3.63) is 45.8 Å². The van der Waals surface area contributed by atoms with E-state index in [1.807, 2.05) is 0 Å². The summed E-state index contributed by atoms with van der Waals surface area (Å²) in [4.78, 5) is 23.9. The van der Waals surface area contributed by atoms with Gasteiger partial charge in [-0.15, -0.1) is 0 Å². The number of fused-ring (bicyclic) bond motifs is 2. The maximum absolute atomic E-state index is 12.5. The molecular formula is C23H31N7O. The van der Waals surface area contributed by atoms with Crippen molar-refractivity contribution in [3.63, 3.8) is 0 Å². The second-order valence-corrected chi connectivity index (χ2v) is 8.90. The third-order valence-corrected chi connectivity index (χ3v) is 6.94. The van der Waals surface area contributed by atoms with Gasteiger partial charge >= 0.3 is 0 Å². The van der Waals surface area contributed by atoms with Gasteiger partial charge in [-0.2, -0.15) is 5.10 Å².